The van der Waals surface area contributed by atoms with Crippen molar-refractivity contribution in [2.24, 2.45) is 17.1 Å². The Labute approximate surface area is 123 Å². The molecule has 0 spiro atoms. The van der Waals surface area contributed by atoms with Crippen LogP contribution in [0.15, 0.2) is 0 Å². The molecule has 0 heterocycles. The third kappa shape index (κ3) is 5.47. The third-order valence-corrected chi connectivity index (χ3v) is 3.85. The summed E-state index contributed by atoms with van der Waals surface area (Å²) in [7, 11) is 0. The van der Waals surface area contributed by atoms with Gasteiger partial charge in [-0.1, -0.05) is 52.8 Å². The second kappa shape index (κ2) is 8.51. The Bertz CT molecular complexity index is 297. The summed E-state index contributed by atoms with van der Waals surface area (Å²) in [6.45, 7) is 10.5. The van der Waals surface area contributed by atoms with E-state index in [1.54, 1.807) is 0 Å². The minimum absolute atomic E-state index is 0.0110. The zero-order valence-electron chi connectivity index (χ0n) is 13.1. The number of amides is 1. The maximum atomic E-state index is 12.6. The number of nitrogens with two attached hydrogens (primary N) is 1. The molecule has 0 aromatic heterocycles. The molecule has 19 heavy (non-hydrogen) atoms. The second-order valence-electron chi connectivity index (χ2n) is 5.95. The van der Waals surface area contributed by atoms with Crippen molar-refractivity contribution < 1.29 is 4.79 Å². The van der Waals surface area contributed by atoms with Gasteiger partial charge >= 0.3 is 0 Å². The fourth-order valence-electron chi connectivity index (χ4n) is 2.69. The fourth-order valence-corrected chi connectivity index (χ4v) is 2.99. The van der Waals surface area contributed by atoms with Crippen LogP contribution in [0.5, 0.6) is 0 Å². The van der Waals surface area contributed by atoms with Crippen LogP contribution in [0.25, 0.3) is 0 Å². The zero-order valence-corrected chi connectivity index (χ0v) is 13.9. The lowest BCUT2D eigenvalue weighted by Crippen LogP contribution is -2.51. The van der Waals surface area contributed by atoms with E-state index in [0.29, 0.717) is 10.9 Å². The van der Waals surface area contributed by atoms with Gasteiger partial charge in [0.2, 0.25) is 5.91 Å². The molecular formula is C15H30N2OS. The summed E-state index contributed by atoms with van der Waals surface area (Å²) in [6.07, 6.45) is 4.25. The highest BCUT2D eigenvalue weighted by Gasteiger charge is 2.40. The van der Waals surface area contributed by atoms with Gasteiger partial charge in [0.1, 0.15) is 0 Å². The van der Waals surface area contributed by atoms with Crippen molar-refractivity contribution in [3.05, 3.63) is 0 Å². The number of rotatable bonds is 9. The lowest BCUT2D eigenvalue weighted by atomic mass is 9.78. The molecule has 1 amide bonds. The quantitative estimate of drug-likeness (QED) is 0.639. The minimum atomic E-state index is -0.663. The Morgan fingerprint density at radius 3 is 2.00 bits per heavy atom. The summed E-state index contributed by atoms with van der Waals surface area (Å²) >= 11 is 5.19. The Hall–Kier alpha value is -0.640. The van der Waals surface area contributed by atoms with Gasteiger partial charge in [-0.2, -0.15) is 0 Å². The van der Waals surface area contributed by atoms with E-state index in [9.17, 15) is 4.79 Å². The molecule has 1 unspecified atom stereocenters. The molecule has 0 saturated carbocycles. The molecule has 1 atom stereocenters. The van der Waals surface area contributed by atoms with E-state index < -0.39 is 5.41 Å². The lowest BCUT2D eigenvalue weighted by Gasteiger charge is -2.32. The topological polar surface area (TPSA) is 55.1 Å². The number of carbonyl (C=O) groups excluding carboxylic acids is 1. The average molecular weight is 286 g/mol. The first-order chi connectivity index (χ1) is 8.80. The van der Waals surface area contributed by atoms with Crippen molar-refractivity contribution in [2.45, 2.75) is 72.8 Å². The molecule has 0 aliphatic carbocycles. The van der Waals surface area contributed by atoms with Gasteiger partial charge in [0.25, 0.3) is 0 Å². The molecule has 112 valence electrons. The van der Waals surface area contributed by atoms with Gasteiger partial charge in [-0.15, -0.1) is 0 Å². The molecule has 0 radical (unpaired) electrons. The van der Waals surface area contributed by atoms with E-state index in [1.165, 1.54) is 0 Å². The molecule has 4 heteroatoms. The SMILES string of the molecule is CCCC(CCC)(C(=O)NC(C)CC(C)C)C(N)=S. The van der Waals surface area contributed by atoms with Crippen molar-refractivity contribution in [3.8, 4) is 0 Å². The number of carbonyl (C=O) groups is 1. The highest BCUT2D eigenvalue weighted by molar-refractivity contribution is 7.80. The van der Waals surface area contributed by atoms with Gasteiger partial charge in [-0.05, 0) is 32.1 Å². The van der Waals surface area contributed by atoms with Crippen LogP contribution in [-0.2, 0) is 4.79 Å². The monoisotopic (exact) mass is 286 g/mol. The van der Waals surface area contributed by atoms with Gasteiger partial charge < -0.3 is 11.1 Å². The molecule has 0 bridgehead atoms. The van der Waals surface area contributed by atoms with E-state index >= 15 is 0 Å². The first-order valence-electron chi connectivity index (χ1n) is 7.41. The third-order valence-electron chi connectivity index (χ3n) is 3.46. The van der Waals surface area contributed by atoms with Crippen molar-refractivity contribution in [1.29, 1.82) is 0 Å². The number of hydrogen-bond donors (Lipinski definition) is 2. The van der Waals surface area contributed by atoms with Crippen LogP contribution < -0.4 is 11.1 Å². The van der Waals surface area contributed by atoms with Gasteiger partial charge in [0.05, 0.1) is 10.4 Å². The Morgan fingerprint density at radius 2 is 1.68 bits per heavy atom. The maximum Gasteiger partial charge on any atom is 0.233 e. The van der Waals surface area contributed by atoms with Gasteiger partial charge in [-0.25, -0.2) is 0 Å². The van der Waals surface area contributed by atoms with Gasteiger partial charge in [-0.3, -0.25) is 4.79 Å². The minimum Gasteiger partial charge on any atom is -0.392 e. The highest BCUT2D eigenvalue weighted by Crippen LogP contribution is 2.31. The predicted molar refractivity (Wildman–Crippen MR) is 86.1 cm³/mol. The molecule has 0 aliphatic heterocycles. The molecular weight excluding hydrogens is 256 g/mol. The van der Waals surface area contributed by atoms with Crippen LogP contribution >= 0.6 is 12.2 Å². The van der Waals surface area contributed by atoms with E-state index in [4.69, 9.17) is 18.0 Å². The first-order valence-corrected chi connectivity index (χ1v) is 7.81. The van der Waals surface area contributed by atoms with E-state index in [-0.39, 0.29) is 11.9 Å². The summed E-state index contributed by atoms with van der Waals surface area (Å²) in [6, 6.07) is 0.162. The van der Waals surface area contributed by atoms with Crippen LogP contribution in [0.3, 0.4) is 0 Å². The van der Waals surface area contributed by atoms with Gasteiger partial charge in [0.15, 0.2) is 0 Å². The normalized spacial score (nSPS) is 13.4. The molecule has 0 fully saturated rings. The summed E-state index contributed by atoms with van der Waals surface area (Å²) in [4.78, 5) is 12.9. The van der Waals surface area contributed by atoms with Crippen LogP contribution in [0.1, 0.15) is 66.7 Å². The largest absolute Gasteiger partial charge is 0.392 e. The van der Waals surface area contributed by atoms with Crippen molar-refractivity contribution in [1.82, 2.24) is 5.32 Å². The standard InChI is InChI=1S/C15H30N2OS/c1-6-8-15(9-7-2,13(16)19)14(18)17-12(5)10-11(3)4/h11-12H,6-10H2,1-5H3,(H2,16,19)(H,17,18). The second-order valence-corrected chi connectivity index (χ2v) is 6.39. The maximum absolute atomic E-state index is 12.6. The molecule has 0 aliphatic rings. The summed E-state index contributed by atoms with van der Waals surface area (Å²) in [5.41, 5.74) is 5.23. The molecule has 0 saturated heterocycles. The lowest BCUT2D eigenvalue weighted by molar-refractivity contribution is -0.128. The Kier molecular flexibility index (Phi) is 8.23. The van der Waals surface area contributed by atoms with Crippen molar-refractivity contribution >= 4 is 23.1 Å². The number of hydrogen-bond acceptors (Lipinski definition) is 2. The molecule has 0 aromatic rings. The fraction of sp³-hybridized carbons (Fsp3) is 0.867. The molecule has 0 rings (SSSR count). The zero-order chi connectivity index (χ0) is 15.1. The summed E-state index contributed by atoms with van der Waals surface area (Å²) in [5.74, 6) is 0.573. The summed E-state index contributed by atoms with van der Waals surface area (Å²) in [5, 5.41) is 3.10. The predicted octanol–water partition coefficient (Wildman–Crippen LogP) is 3.41. The number of thiocarbonyl (C=S) groups is 1. The van der Waals surface area contributed by atoms with E-state index in [1.807, 2.05) is 6.92 Å². The highest BCUT2D eigenvalue weighted by atomic mass is 32.1. The molecule has 3 nitrogen and oxygen atoms in total. The van der Waals surface area contributed by atoms with E-state index in [2.05, 4.69) is 33.0 Å². The molecule has 3 N–H and O–H groups in total. The van der Waals surface area contributed by atoms with Crippen molar-refractivity contribution in [3.63, 3.8) is 0 Å². The van der Waals surface area contributed by atoms with Crippen LogP contribution in [0, 0.1) is 11.3 Å². The average Bonchev–Trinajstić information content (AvgIpc) is 2.26. The Morgan fingerprint density at radius 1 is 1.21 bits per heavy atom. The first kappa shape index (κ1) is 18.4. The summed E-state index contributed by atoms with van der Waals surface area (Å²) < 4.78 is 0. The van der Waals surface area contributed by atoms with Crippen LogP contribution in [0.4, 0.5) is 0 Å². The van der Waals surface area contributed by atoms with Crippen LogP contribution in [-0.4, -0.2) is 16.9 Å². The Balaban J connectivity index is 4.94. The van der Waals surface area contributed by atoms with Crippen molar-refractivity contribution in [2.75, 3.05) is 0 Å². The van der Waals surface area contributed by atoms with Gasteiger partial charge in [0, 0.05) is 6.04 Å². The van der Waals surface area contributed by atoms with E-state index in [0.717, 1.165) is 32.1 Å². The smallest absolute Gasteiger partial charge is 0.233 e. The number of nitrogens with one attached hydrogen (secondary N) is 1. The van der Waals surface area contributed by atoms with Crippen LogP contribution in [0.2, 0.25) is 0 Å². The molecule has 0 aromatic carbocycles.